The summed E-state index contributed by atoms with van der Waals surface area (Å²) in [5, 5.41) is 0.433. The van der Waals surface area contributed by atoms with E-state index in [0.29, 0.717) is 28.0 Å². The number of thiophene rings is 1. The first-order valence-corrected chi connectivity index (χ1v) is 10.5. The predicted octanol–water partition coefficient (Wildman–Crippen LogP) is 3.62. The zero-order valence-corrected chi connectivity index (χ0v) is 17.4. The van der Waals surface area contributed by atoms with Gasteiger partial charge in [-0.25, -0.2) is 14.2 Å². The number of rotatable bonds is 4. The normalized spacial score (nSPS) is 24.3. The van der Waals surface area contributed by atoms with Gasteiger partial charge in [-0.1, -0.05) is 27.2 Å². The van der Waals surface area contributed by atoms with Crippen LogP contribution in [0.15, 0.2) is 15.7 Å². The molecule has 0 radical (unpaired) electrons. The molecule has 1 aliphatic rings. The average molecular weight is 393 g/mol. The van der Waals surface area contributed by atoms with Crippen LogP contribution in [0.4, 0.5) is 0 Å². The number of aryl methyl sites for hydroxylation is 1. The van der Waals surface area contributed by atoms with E-state index in [9.17, 15) is 14.4 Å². The van der Waals surface area contributed by atoms with Crippen LogP contribution in [0.5, 0.6) is 0 Å². The first-order chi connectivity index (χ1) is 12.7. The fraction of sp³-hybridized carbons (Fsp3) is 0.650. The Morgan fingerprint density at radius 3 is 2.67 bits per heavy atom. The quantitative estimate of drug-likeness (QED) is 0.806. The van der Waals surface area contributed by atoms with E-state index >= 15 is 0 Å². The van der Waals surface area contributed by atoms with Gasteiger partial charge in [-0.05, 0) is 50.5 Å². The number of fused-ring (bicyclic) bond motifs is 1. The molecule has 148 valence electrons. The molecule has 27 heavy (non-hydrogen) atoms. The topological polar surface area (TPSA) is 81.2 Å². The van der Waals surface area contributed by atoms with Crippen LogP contribution >= 0.6 is 11.3 Å². The van der Waals surface area contributed by atoms with Crippen molar-refractivity contribution in [2.45, 2.75) is 66.0 Å². The highest BCUT2D eigenvalue weighted by Crippen LogP contribution is 2.35. The lowest BCUT2D eigenvalue weighted by molar-refractivity contribution is -0.159. The number of nitrogens with zero attached hydrogens (tertiary/aromatic N) is 1. The van der Waals surface area contributed by atoms with Crippen molar-refractivity contribution in [1.29, 1.82) is 0 Å². The molecule has 4 atom stereocenters. The van der Waals surface area contributed by atoms with Crippen LogP contribution in [0.2, 0.25) is 0 Å². The minimum absolute atomic E-state index is 0.161. The van der Waals surface area contributed by atoms with Crippen molar-refractivity contribution < 1.29 is 9.53 Å². The summed E-state index contributed by atoms with van der Waals surface area (Å²) in [7, 11) is 0. The van der Waals surface area contributed by atoms with Crippen molar-refractivity contribution in [2.24, 2.45) is 17.8 Å². The third kappa shape index (κ3) is 3.88. The Hall–Kier alpha value is -1.89. The van der Waals surface area contributed by atoms with Gasteiger partial charge in [-0.2, -0.15) is 0 Å². The number of aromatic nitrogens is 2. The second-order valence-electron chi connectivity index (χ2n) is 8.18. The van der Waals surface area contributed by atoms with E-state index in [-0.39, 0.29) is 6.10 Å². The molecule has 4 unspecified atom stereocenters. The second-order valence-corrected chi connectivity index (χ2v) is 9.44. The van der Waals surface area contributed by atoms with Crippen LogP contribution in [0.25, 0.3) is 10.2 Å². The number of hydrogen-bond acceptors (Lipinski definition) is 5. The van der Waals surface area contributed by atoms with Gasteiger partial charge in [-0.3, -0.25) is 9.78 Å². The SMILES string of the molecule is Cc1cc2c(=O)n(C(C)C(=O)OC3CC(C)CCC3C(C)C)c(=O)[nH]c2s1. The molecule has 0 aromatic carbocycles. The maximum atomic E-state index is 12.8. The molecule has 1 aliphatic carbocycles. The lowest BCUT2D eigenvalue weighted by atomic mass is 9.75. The van der Waals surface area contributed by atoms with E-state index in [1.165, 1.54) is 11.3 Å². The summed E-state index contributed by atoms with van der Waals surface area (Å²) < 4.78 is 6.81. The third-order valence-corrected chi connectivity index (χ3v) is 6.67. The summed E-state index contributed by atoms with van der Waals surface area (Å²) in [6, 6.07) is 0.778. The highest BCUT2D eigenvalue weighted by Gasteiger charge is 2.35. The number of carbonyl (C=O) groups excluding carboxylic acids is 1. The number of nitrogens with one attached hydrogen (secondary N) is 1. The molecule has 2 aromatic rings. The van der Waals surface area contributed by atoms with Gasteiger partial charge in [0.1, 0.15) is 17.0 Å². The van der Waals surface area contributed by atoms with Gasteiger partial charge in [0.15, 0.2) is 0 Å². The number of esters is 1. The van der Waals surface area contributed by atoms with Gasteiger partial charge in [-0.15, -0.1) is 11.3 Å². The Labute approximate surface area is 162 Å². The number of H-pyrrole nitrogens is 1. The van der Waals surface area contributed by atoms with Crippen molar-refractivity contribution in [1.82, 2.24) is 9.55 Å². The van der Waals surface area contributed by atoms with Crippen LogP contribution in [0, 0.1) is 24.7 Å². The molecule has 2 heterocycles. The molecule has 0 bridgehead atoms. The molecule has 3 rings (SSSR count). The zero-order valence-electron chi connectivity index (χ0n) is 16.6. The number of ether oxygens (including phenoxy) is 1. The first-order valence-electron chi connectivity index (χ1n) is 9.64. The standard InChI is InChI=1S/C20H28N2O4S/c1-10(2)14-7-6-11(3)8-16(14)26-19(24)13(5)22-18(23)15-9-12(4)27-17(15)21-20(22)25/h9-11,13-14,16H,6-8H2,1-5H3,(H,21,25). The molecule has 2 aromatic heterocycles. The molecule has 1 N–H and O–H groups in total. The van der Waals surface area contributed by atoms with Gasteiger partial charge in [0.25, 0.3) is 5.56 Å². The van der Waals surface area contributed by atoms with Crippen LogP contribution in [-0.2, 0) is 9.53 Å². The van der Waals surface area contributed by atoms with E-state index in [4.69, 9.17) is 4.74 Å². The molecular formula is C20H28N2O4S. The smallest absolute Gasteiger partial charge is 0.330 e. The Balaban J connectivity index is 1.88. The maximum Gasteiger partial charge on any atom is 0.330 e. The van der Waals surface area contributed by atoms with Crippen LogP contribution in [-0.4, -0.2) is 21.6 Å². The van der Waals surface area contributed by atoms with Gasteiger partial charge < -0.3 is 4.74 Å². The van der Waals surface area contributed by atoms with E-state index in [1.807, 2.05) is 6.92 Å². The van der Waals surface area contributed by atoms with Crippen molar-refractivity contribution in [3.63, 3.8) is 0 Å². The Morgan fingerprint density at radius 1 is 1.30 bits per heavy atom. The minimum atomic E-state index is -0.962. The zero-order chi connectivity index (χ0) is 19.9. The fourth-order valence-electron chi connectivity index (χ4n) is 4.10. The summed E-state index contributed by atoms with van der Waals surface area (Å²) >= 11 is 1.36. The van der Waals surface area contributed by atoms with Crippen LogP contribution in [0.3, 0.4) is 0 Å². The number of carbonyl (C=O) groups is 1. The Kier molecular flexibility index (Phi) is 5.60. The van der Waals surface area contributed by atoms with Crippen molar-refractivity contribution in [3.8, 4) is 0 Å². The summed E-state index contributed by atoms with van der Waals surface area (Å²) in [6.45, 7) is 9.89. The Bertz CT molecular complexity index is 955. The number of aromatic amines is 1. The first kappa shape index (κ1) is 19.9. The van der Waals surface area contributed by atoms with Gasteiger partial charge in [0.2, 0.25) is 0 Å². The largest absolute Gasteiger partial charge is 0.461 e. The molecule has 1 fully saturated rings. The average Bonchev–Trinajstić information content (AvgIpc) is 2.95. The maximum absolute atomic E-state index is 12.8. The molecule has 1 saturated carbocycles. The van der Waals surface area contributed by atoms with E-state index in [2.05, 4.69) is 25.8 Å². The molecular weight excluding hydrogens is 364 g/mol. The van der Waals surface area contributed by atoms with Gasteiger partial charge in [0.05, 0.1) is 5.39 Å². The van der Waals surface area contributed by atoms with Gasteiger partial charge >= 0.3 is 11.7 Å². The van der Waals surface area contributed by atoms with E-state index in [1.54, 1.807) is 13.0 Å². The monoisotopic (exact) mass is 392 g/mol. The van der Waals surface area contributed by atoms with Crippen molar-refractivity contribution in [3.05, 3.63) is 31.8 Å². The number of hydrogen-bond donors (Lipinski definition) is 1. The lowest BCUT2D eigenvalue weighted by Crippen LogP contribution is -2.42. The van der Waals surface area contributed by atoms with Gasteiger partial charge in [0, 0.05) is 4.88 Å². The lowest BCUT2D eigenvalue weighted by Gasteiger charge is -2.37. The van der Waals surface area contributed by atoms with Crippen molar-refractivity contribution in [2.75, 3.05) is 0 Å². The fourth-order valence-corrected chi connectivity index (χ4v) is 4.99. The molecule has 7 heteroatoms. The molecule has 0 aliphatic heterocycles. The van der Waals surface area contributed by atoms with E-state index in [0.717, 1.165) is 28.7 Å². The van der Waals surface area contributed by atoms with E-state index < -0.39 is 23.3 Å². The molecule has 0 spiro atoms. The van der Waals surface area contributed by atoms with Crippen LogP contribution in [0.1, 0.15) is 57.9 Å². The van der Waals surface area contributed by atoms with Crippen molar-refractivity contribution >= 4 is 27.5 Å². The second kappa shape index (κ2) is 7.62. The summed E-state index contributed by atoms with van der Waals surface area (Å²) in [4.78, 5) is 42.2. The highest BCUT2D eigenvalue weighted by molar-refractivity contribution is 7.18. The molecule has 0 amide bonds. The molecule has 0 saturated heterocycles. The Morgan fingerprint density at radius 2 is 2.00 bits per heavy atom. The minimum Gasteiger partial charge on any atom is -0.461 e. The predicted molar refractivity (Wildman–Crippen MR) is 107 cm³/mol. The third-order valence-electron chi connectivity index (χ3n) is 5.70. The van der Waals surface area contributed by atoms with Crippen LogP contribution < -0.4 is 11.2 Å². The summed E-state index contributed by atoms with van der Waals surface area (Å²) in [5.74, 6) is 0.722. The summed E-state index contributed by atoms with van der Waals surface area (Å²) in [6.07, 6.45) is 2.84. The summed E-state index contributed by atoms with van der Waals surface area (Å²) in [5.41, 5.74) is -1.02. The highest BCUT2D eigenvalue weighted by atomic mass is 32.1. The molecule has 6 nitrogen and oxygen atoms in total.